The van der Waals surface area contributed by atoms with Gasteiger partial charge in [0.1, 0.15) is 0 Å². The molecule has 0 heterocycles. The highest BCUT2D eigenvalue weighted by Crippen LogP contribution is 2.28. The third-order valence-electron chi connectivity index (χ3n) is 3.38. The summed E-state index contributed by atoms with van der Waals surface area (Å²) in [6.45, 7) is 10.3. The molecule has 1 rings (SSSR count). The molecule has 0 aliphatic heterocycles. The number of hydrogen-bond donors (Lipinski definition) is 1. The van der Waals surface area contributed by atoms with Crippen molar-refractivity contribution in [1.29, 1.82) is 0 Å². The van der Waals surface area contributed by atoms with Gasteiger partial charge in [-0.3, -0.25) is 0 Å². The Kier molecular flexibility index (Phi) is 4.55. The summed E-state index contributed by atoms with van der Waals surface area (Å²) >= 11 is 0. The van der Waals surface area contributed by atoms with E-state index >= 15 is 0 Å². The summed E-state index contributed by atoms with van der Waals surface area (Å²) in [6, 6.07) is 0. The number of rotatable bonds is 0. The molecule has 90 valence electrons. The van der Waals surface area contributed by atoms with Gasteiger partial charge in [-0.25, -0.2) is 0 Å². The Hall–Kier alpha value is -0.820. The second-order valence-electron chi connectivity index (χ2n) is 5.46. The molecule has 0 spiro atoms. The molecule has 0 saturated carbocycles. The summed E-state index contributed by atoms with van der Waals surface area (Å²) in [5.41, 5.74) is 2.36. The number of allylic oxidation sites excluding steroid dienone is 4. The molecular formula is C15H24O. The Bertz CT molecular complexity index is 307. The smallest absolute Gasteiger partial charge is 0.0628 e. The molecule has 1 aliphatic carbocycles. The van der Waals surface area contributed by atoms with Gasteiger partial charge >= 0.3 is 0 Å². The van der Waals surface area contributed by atoms with Crippen molar-refractivity contribution in [3.8, 4) is 0 Å². The minimum absolute atomic E-state index is 0.159. The Labute approximate surface area is 99.6 Å². The van der Waals surface area contributed by atoms with E-state index in [0.717, 1.165) is 31.3 Å². The Morgan fingerprint density at radius 2 is 2.06 bits per heavy atom. The van der Waals surface area contributed by atoms with E-state index in [0.29, 0.717) is 0 Å². The van der Waals surface area contributed by atoms with E-state index in [4.69, 9.17) is 0 Å². The normalized spacial score (nSPS) is 32.4. The van der Waals surface area contributed by atoms with Crippen LogP contribution in [0.4, 0.5) is 0 Å². The van der Waals surface area contributed by atoms with Crippen LogP contribution < -0.4 is 0 Å². The van der Waals surface area contributed by atoms with Crippen molar-refractivity contribution >= 4 is 0 Å². The molecule has 1 nitrogen and oxygen atoms in total. The fourth-order valence-electron chi connectivity index (χ4n) is 1.87. The summed E-state index contributed by atoms with van der Waals surface area (Å²) in [5.74, 6) is 0. The quantitative estimate of drug-likeness (QED) is 0.612. The molecule has 0 aromatic rings. The molecule has 1 atom stereocenters. The first kappa shape index (κ1) is 13.2. The predicted molar refractivity (Wildman–Crippen MR) is 70.3 cm³/mol. The molecule has 1 N–H and O–H groups in total. The molecule has 0 aromatic carbocycles. The Balaban J connectivity index is 2.84. The van der Waals surface area contributed by atoms with Crippen molar-refractivity contribution in [3.63, 3.8) is 0 Å². The number of hydrogen-bond acceptors (Lipinski definition) is 1. The van der Waals surface area contributed by atoms with Crippen LogP contribution in [-0.4, -0.2) is 11.2 Å². The molecule has 0 radical (unpaired) electrons. The fourth-order valence-corrected chi connectivity index (χ4v) is 1.87. The first-order valence-electron chi connectivity index (χ1n) is 6.12. The van der Waals surface area contributed by atoms with Crippen LogP contribution in [-0.2, 0) is 0 Å². The zero-order valence-corrected chi connectivity index (χ0v) is 10.8. The molecular weight excluding hydrogens is 196 g/mol. The van der Waals surface area contributed by atoms with Crippen molar-refractivity contribution in [3.05, 3.63) is 36.0 Å². The molecule has 0 amide bonds. The van der Waals surface area contributed by atoms with Crippen LogP contribution in [0.5, 0.6) is 0 Å². The maximum Gasteiger partial charge on any atom is 0.0628 e. The van der Waals surface area contributed by atoms with Crippen LogP contribution in [0.15, 0.2) is 36.0 Å². The molecule has 0 bridgehead atoms. The highest BCUT2D eigenvalue weighted by molar-refractivity contribution is 5.19. The van der Waals surface area contributed by atoms with Crippen molar-refractivity contribution in [1.82, 2.24) is 0 Å². The lowest BCUT2D eigenvalue weighted by Gasteiger charge is -2.27. The summed E-state index contributed by atoms with van der Waals surface area (Å²) < 4.78 is 0. The van der Waals surface area contributed by atoms with Gasteiger partial charge in [-0.05, 0) is 32.6 Å². The van der Waals surface area contributed by atoms with Gasteiger partial charge in [0, 0.05) is 5.41 Å². The van der Waals surface area contributed by atoms with E-state index in [-0.39, 0.29) is 11.5 Å². The molecule has 0 saturated heterocycles. The van der Waals surface area contributed by atoms with Gasteiger partial charge in [-0.1, -0.05) is 49.8 Å². The third-order valence-corrected chi connectivity index (χ3v) is 3.38. The molecule has 0 aromatic heterocycles. The van der Waals surface area contributed by atoms with Gasteiger partial charge in [-0.15, -0.1) is 0 Å². The zero-order chi connectivity index (χ0) is 12.2. The van der Waals surface area contributed by atoms with Crippen LogP contribution >= 0.6 is 0 Å². The van der Waals surface area contributed by atoms with Gasteiger partial charge in [-0.2, -0.15) is 0 Å². The second kappa shape index (κ2) is 5.49. The predicted octanol–water partition coefficient (Wildman–Crippen LogP) is 4.01. The lowest BCUT2D eigenvalue weighted by Crippen LogP contribution is -2.27. The molecule has 16 heavy (non-hydrogen) atoms. The van der Waals surface area contributed by atoms with Crippen molar-refractivity contribution in [2.24, 2.45) is 5.41 Å². The van der Waals surface area contributed by atoms with E-state index in [2.05, 4.69) is 45.6 Å². The zero-order valence-electron chi connectivity index (χ0n) is 10.8. The van der Waals surface area contributed by atoms with Crippen LogP contribution in [0, 0.1) is 5.41 Å². The number of aliphatic hydroxyl groups is 1. The summed E-state index contributed by atoms with van der Waals surface area (Å²) in [5, 5.41) is 10.1. The van der Waals surface area contributed by atoms with E-state index in [1.807, 2.05) is 0 Å². The van der Waals surface area contributed by atoms with E-state index in [9.17, 15) is 5.11 Å². The summed E-state index contributed by atoms with van der Waals surface area (Å²) in [6.07, 6.45) is 10.1. The lowest BCUT2D eigenvalue weighted by molar-refractivity contribution is 0.0742. The largest absolute Gasteiger partial charge is 0.392 e. The van der Waals surface area contributed by atoms with Gasteiger partial charge in [0.05, 0.1) is 6.10 Å². The first-order chi connectivity index (χ1) is 7.42. The minimum atomic E-state index is -0.280. The average Bonchev–Trinajstić information content (AvgIpc) is 2.23. The number of aliphatic hydroxyl groups excluding tert-OH is 1. The van der Waals surface area contributed by atoms with Gasteiger partial charge in [0.15, 0.2) is 0 Å². The SMILES string of the molecule is C=C1/C=C/C(C)(C)[C@H](O)CC/C(C)=C/CC1. The minimum Gasteiger partial charge on any atom is -0.392 e. The third kappa shape index (κ3) is 3.97. The average molecular weight is 220 g/mol. The summed E-state index contributed by atoms with van der Waals surface area (Å²) in [7, 11) is 0. The van der Waals surface area contributed by atoms with Crippen LogP contribution in [0.1, 0.15) is 46.5 Å². The maximum absolute atomic E-state index is 10.1. The van der Waals surface area contributed by atoms with Crippen molar-refractivity contribution in [2.75, 3.05) is 0 Å². The standard InChI is InChI=1S/C15H24O/c1-12-6-5-7-13(2)10-11-15(3,4)14(16)9-8-12/h6,10-11,14,16H,2,5,7-9H2,1,3-4H3/b11-10+,12-6+/t14-/m1/s1. The van der Waals surface area contributed by atoms with E-state index in [1.165, 1.54) is 5.57 Å². The lowest BCUT2D eigenvalue weighted by atomic mass is 9.83. The Morgan fingerprint density at radius 1 is 1.38 bits per heavy atom. The maximum atomic E-state index is 10.1. The molecule has 1 aliphatic rings. The van der Waals surface area contributed by atoms with Gasteiger partial charge in [0.2, 0.25) is 0 Å². The van der Waals surface area contributed by atoms with Crippen LogP contribution in [0.25, 0.3) is 0 Å². The van der Waals surface area contributed by atoms with Crippen LogP contribution in [0.2, 0.25) is 0 Å². The highest BCUT2D eigenvalue weighted by Gasteiger charge is 2.24. The Morgan fingerprint density at radius 3 is 2.75 bits per heavy atom. The fraction of sp³-hybridized carbons (Fsp3) is 0.600. The monoisotopic (exact) mass is 220 g/mol. The topological polar surface area (TPSA) is 20.2 Å². The molecule has 0 fully saturated rings. The van der Waals surface area contributed by atoms with E-state index < -0.39 is 0 Å². The van der Waals surface area contributed by atoms with E-state index in [1.54, 1.807) is 0 Å². The summed E-state index contributed by atoms with van der Waals surface area (Å²) in [4.78, 5) is 0. The van der Waals surface area contributed by atoms with Gasteiger partial charge < -0.3 is 5.11 Å². The van der Waals surface area contributed by atoms with Gasteiger partial charge in [0.25, 0.3) is 0 Å². The van der Waals surface area contributed by atoms with Crippen LogP contribution in [0.3, 0.4) is 0 Å². The molecule has 1 heteroatoms. The second-order valence-corrected chi connectivity index (χ2v) is 5.46. The molecule has 0 unspecified atom stereocenters. The van der Waals surface area contributed by atoms with Crippen molar-refractivity contribution < 1.29 is 5.11 Å². The highest BCUT2D eigenvalue weighted by atomic mass is 16.3. The first-order valence-corrected chi connectivity index (χ1v) is 6.12. The van der Waals surface area contributed by atoms with Crippen molar-refractivity contribution in [2.45, 2.75) is 52.6 Å².